The second-order valence-electron chi connectivity index (χ2n) is 17.8. The lowest BCUT2D eigenvalue weighted by molar-refractivity contribution is 0.446. The quantitative estimate of drug-likeness (QED) is 0.182. The molecule has 0 spiro atoms. The number of aryl methyl sites for hydroxylation is 1. The van der Waals surface area contributed by atoms with E-state index in [0.717, 1.165) is 34.7 Å². The first-order valence-corrected chi connectivity index (χ1v) is 20.1. The molecule has 1 N–H and O–H groups in total. The van der Waals surface area contributed by atoms with E-state index in [2.05, 4.69) is 26.8 Å². The maximum Gasteiger partial charge on any atom is 0.149 e. The van der Waals surface area contributed by atoms with Gasteiger partial charge in [-0.05, 0) is 123 Å². The number of benzene rings is 6. The molecule has 0 bridgehead atoms. The molecule has 0 aliphatic rings. The molecule has 0 unspecified atom stereocenters. The van der Waals surface area contributed by atoms with E-state index >= 15 is 0 Å². The van der Waals surface area contributed by atoms with Crippen molar-refractivity contribution in [2.75, 3.05) is 0 Å². The third-order valence-electron chi connectivity index (χ3n) is 11.1. The molecule has 4 nitrogen and oxygen atoms in total. The molecule has 2 heterocycles. The fourth-order valence-electron chi connectivity index (χ4n) is 7.69. The Labute approximate surface area is 374 Å². The summed E-state index contributed by atoms with van der Waals surface area (Å²) in [5.74, 6) is -0.278. The van der Waals surface area contributed by atoms with Crippen LogP contribution in [0.15, 0.2) is 140 Å². The molecule has 6 aromatic carbocycles. The second kappa shape index (κ2) is 15.1. The molecule has 302 valence electrons. The number of nitrogens with zero attached hydrogens (tertiary/aromatic N) is 3. The molecule has 0 atom stereocenters. The van der Waals surface area contributed by atoms with Gasteiger partial charge in [0, 0.05) is 40.9 Å². The Bertz CT molecular complexity index is 3420. The number of aromatic nitrogens is 3. The van der Waals surface area contributed by atoms with Crippen LogP contribution < -0.4 is 0 Å². The number of aromatic hydroxyl groups is 1. The van der Waals surface area contributed by atoms with Crippen LogP contribution in [0.3, 0.4) is 0 Å². The first-order valence-electron chi connectivity index (χ1n) is 26.6. The van der Waals surface area contributed by atoms with Crippen LogP contribution in [0, 0.1) is 13.8 Å². The number of pyridine rings is 1. The molecular formula is C56H57N3O. The molecule has 8 aromatic rings. The lowest BCUT2D eigenvalue weighted by Crippen LogP contribution is -2.17. The number of fused-ring (bicyclic) bond motifs is 1. The Hall–Kier alpha value is -6.26. The Morgan fingerprint density at radius 3 is 2.00 bits per heavy atom. The van der Waals surface area contributed by atoms with Crippen LogP contribution in [0.25, 0.3) is 72.7 Å². The molecule has 8 rings (SSSR count). The van der Waals surface area contributed by atoms with Crippen molar-refractivity contribution in [2.24, 2.45) is 0 Å². The van der Waals surface area contributed by atoms with Gasteiger partial charge in [0.15, 0.2) is 0 Å². The monoisotopic (exact) mass is 801 g/mol. The van der Waals surface area contributed by atoms with Crippen molar-refractivity contribution in [3.05, 3.63) is 167 Å². The van der Waals surface area contributed by atoms with Crippen molar-refractivity contribution in [1.29, 1.82) is 0 Å². The minimum Gasteiger partial charge on any atom is -0.507 e. The minimum absolute atomic E-state index is 0.0614. The highest BCUT2D eigenvalue weighted by Gasteiger charge is 2.29. The predicted molar refractivity (Wildman–Crippen MR) is 253 cm³/mol. The summed E-state index contributed by atoms with van der Waals surface area (Å²) in [7, 11) is 0. The molecule has 4 heteroatoms. The van der Waals surface area contributed by atoms with Gasteiger partial charge in [0.2, 0.25) is 0 Å². The van der Waals surface area contributed by atoms with E-state index in [9.17, 15) is 5.11 Å². The Morgan fingerprint density at radius 1 is 0.600 bits per heavy atom. The largest absolute Gasteiger partial charge is 0.507 e. The number of imidazole rings is 1. The average molecular weight is 801 g/mol. The highest BCUT2D eigenvalue weighted by atomic mass is 16.3. The summed E-state index contributed by atoms with van der Waals surface area (Å²) >= 11 is 0. The molecule has 2 aromatic heterocycles. The Morgan fingerprint density at radius 2 is 1.32 bits per heavy atom. The van der Waals surface area contributed by atoms with E-state index in [1.165, 1.54) is 12.3 Å². The summed E-state index contributed by atoms with van der Waals surface area (Å²) in [6.07, 6.45) is 1.51. The maximum atomic E-state index is 12.6. The molecule has 0 aliphatic carbocycles. The first-order chi connectivity index (χ1) is 33.8. The molecule has 0 aliphatic heterocycles. The van der Waals surface area contributed by atoms with E-state index in [0.29, 0.717) is 44.7 Å². The summed E-state index contributed by atoms with van der Waals surface area (Å²) in [5, 5.41) is 12.6. The highest BCUT2D eigenvalue weighted by Crippen LogP contribution is 2.45. The van der Waals surface area contributed by atoms with Crippen molar-refractivity contribution in [3.63, 3.8) is 0 Å². The van der Waals surface area contributed by atoms with Gasteiger partial charge >= 0.3 is 0 Å². The van der Waals surface area contributed by atoms with E-state index in [1.807, 2.05) is 111 Å². The van der Waals surface area contributed by atoms with Gasteiger partial charge in [-0.15, -0.1) is 0 Å². The number of phenols is 1. The third kappa shape index (κ3) is 7.79. The van der Waals surface area contributed by atoms with E-state index in [1.54, 1.807) is 18.2 Å². The maximum absolute atomic E-state index is 12.6. The summed E-state index contributed by atoms with van der Waals surface area (Å²) in [5.41, 5.74) is 4.70. The zero-order chi connectivity index (χ0) is 53.7. The normalized spacial score (nSPS) is 16.1. The van der Waals surface area contributed by atoms with Crippen LogP contribution in [0.5, 0.6) is 5.75 Å². The topological polar surface area (TPSA) is 50.9 Å². The van der Waals surface area contributed by atoms with Crippen molar-refractivity contribution < 1.29 is 22.9 Å². The van der Waals surface area contributed by atoms with Crippen molar-refractivity contribution in [1.82, 2.24) is 14.5 Å². The van der Waals surface area contributed by atoms with Crippen LogP contribution in [0.4, 0.5) is 0 Å². The molecule has 0 saturated heterocycles. The Kier molecular flexibility index (Phi) is 6.91. The van der Waals surface area contributed by atoms with E-state index in [4.69, 9.17) is 27.8 Å². The number of hydrogen-bond donors (Lipinski definition) is 1. The van der Waals surface area contributed by atoms with Crippen LogP contribution in [0.1, 0.15) is 108 Å². The number of phenolic OH excluding ortho intramolecular Hbond substituents is 1. The zero-order valence-corrected chi connectivity index (χ0v) is 35.3. The summed E-state index contributed by atoms with van der Waals surface area (Å²) < 4.78 is 112. The fraction of sp³-hybridized carbons (Fsp3) is 0.250. The van der Waals surface area contributed by atoms with Gasteiger partial charge in [0.1, 0.15) is 11.6 Å². The van der Waals surface area contributed by atoms with Gasteiger partial charge in [-0.1, -0.05) is 153 Å². The van der Waals surface area contributed by atoms with Gasteiger partial charge in [0.05, 0.1) is 27.8 Å². The van der Waals surface area contributed by atoms with Crippen LogP contribution in [0.2, 0.25) is 0 Å². The van der Waals surface area contributed by atoms with Crippen molar-refractivity contribution in [2.45, 2.75) is 92.2 Å². The standard InChI is InChI=1S/C56H57N3O/c1-35-20-22-37(23-21-35)39-26-27-57-49(32-39)41-29-40(30-42(31-41)54(3,4)5)46-18-15-19-50-51(46)58-53(47-33-43(55(6,7)8)34-48(52(47)60)56(9,10)11)59(50)44-24-25-45(36(2)28-44)38-16-13-12-14-17-38/h12-34,60H,1-11H3/i1D3,9D3,10D3,20D,21D,22D,23D. The lowest BCUT2D eigenvalue weighted by atomic mass is 9.79. The second-order valence-corrected chi connectivity index (χ2v) is 17.8. The first kappa shape index (κ1) is 27.5. The van der Waals surface area contributed by atoms with Crippen molar-refractivity contribution >= 4 is 11.0 Å². The molecule has 0 radical (unpaired) electrons. The van der Waals surface area contributed by atoms with Crippen LogP contribution >= 0.6 is 0 Å². The van der Waals surface area contributed by atoms with E-state index < -0.39 is 72.3 Å². The molecule has 0 saturated carbocycles. The zero-order valence-electron chi connectivity index (χ0n) is 48.3. The van der Waals surface area contributed by atoms with Gasteiger partial charge < -0.3 is 5.11 Å². The van der Waals surface area contributed by atoms with Crippen LogP contribution in [-0.2, 0) is 16.2 Å². The predicted octanol–water partition coefficient (Wildman–Crippen LogP) is 15.0. The third-order valence-corrected chi connectivity index (χ3v) is 11.1. The minimum atomic E-state index is -3.07. The smallest absolute Gasteiger partial charge is 0.149 e. The average Bonchev–Trinajstić information content (AvgIpc) is 3.69. The van der Waals surface area contributed by atoms with Gasteiger partial charge in [-0.25, -0.2) is 4.98 Å². The summed E-state index contributed by atoms with van der Waals surface area (Å²) in [6, 6.07) is 31.9. The number of hydrogen-bond acceptors (Lipinski definition) is 3. The number of para-hydroxylation sites is 1. The Balaban J connectivity index is 1.43. The summed E-state index contributed by atoms with van der Waals surface area (Å²) in [4.78, 5) is 10.1. The highest BCUT2D eigenvalue weighted by molar-refractivity contribution is 5.97. The molecule has 0 amide bonds. The molecule has 0 fully saturated rings. The van der Waals surface area contributed by atoms with E-state index in [-0.39, 0.29) is 22.5 Å². The van der Waals surface area contributed by atoms with Gasteiger partial charge in [-0.2, -0.15) is 0 Å². The fourth-order valence-corrected chi connectivity index (χ4v) is 7.69. The van der Waals surface area contributed by atoms with Crippen LogP contribution in [-0.4, -0.2) is 19.6 Å². The van der Waals surface area contributed by atoms with Gasteiger partial charge in [0.25, 0.3) is 0 Å². The van der Waals surface area contributed by atoms with Crippen molar-refractivity contribution in [3.8, 4) is 67.5 Å². The number of rotatable bonds is 6. The molecular weight excluding hydrogens is 731 g/mol. The lowest BCUT2D eigenvalue weighted by Gasteiger charge is -2.27. The molecule has 60 heavy (non-hydrogen) atoms. The summed E-state index contributed by atoms with van der Waals surface area (Å²) in [6.45, 7) is 6.15. The van der Waals surface area contributed by atoms with Gasteiger partial charge in [-0.3, -0.25) is 9.55 Å². The SMILES string of the molecule is [2H]c1c([2H])c(C([2H])([2H])[2H])c([2H])c([2H])c1-c1ccnc(-c2cc(-c3cccc4c3nc(-c3cc(C(C)(C)C)cc(C(C)(C([2H])([2H])[2H])C([2H])([2H])[2H])c3O)n4-c3ccc(-c4ccccc4)c(C)c3)cc(C(C)(C)C)c2)c1.